The minimum absolute atomic E-state index is 0.0152. The molecule has 2 aliphatic heterocycles. The van der Waals surface area contributed by atoms with E-state index in [4.69, 9.17) is 9.47 Å². The average Bonchev–Trinajstić information content (AvgIpc) is 3.83. The third-order valence-corrected chi connectivity index (χ3v) is 10.8. The number of nitrogens with zero attached hydrogens (tertiary/aromatic N) is 2. The molecular formula is C43H59FN6O7. The summed E-state index contributed by atoms with van der Waals surface area (Å²) in [4.78, 5) is 74.9. The highest BCUT2D eigenvalue weighted by molar-refractivity contribution is 5.95. The minimum atomic E-state index is -0.976. The van der Waals surface area contributed by atoms with Gasteiger partial charge in [0.15, 0.2) is 0 Å². The quantitative estimate of drug-likeness (QED) is 0.138. The van der Waals surface area contributed by atoms with Crippen LogP contribution in [0.1, 0.15) is 71.8 Å². The second-order valence-electron chi connectivity index (χ2n) is 16.2. The topological polar surface area (TPSA) is 162 Å². The number of likely N-dealkylation sites (tertiary alicyclic amines) is 2. The van der Waals surface area contributed by atoms with Crippen LogP contribution in [0.15, 0.2) is 54.7 Å². The van der Waals surface area contributed by atoms with E-state index >= 15 is 0 Å². The van der Waals surface area contributed by atoms with Gasteiger partial charge in [-0.2, -0.15) is 0 Å². The normalized spacial score (nSPS) is 18.0. The van der Waals surface area contributed by atoms with Crippen molar-refractivity contribution in [3.05, 3.63) is 66.1 Å². The van der Waals surface area contributed by atoms with Crippen LogP contribution in [0.4, 0.5) is 4.39 Å². The molecule has 13 nitrogen and oxygen atoms in total. The Morgan fingerprint density at radius 1 is 0.825 bits per heavy atom. The Labute approximate surface area is 334 Å². The molecule has 4 amide bonds. The highest BCUT2D eigenvalue weighted by atomic mass is 19.1. The van der Waals surface area contributed by atoms with Crippen LogP contribution in [0.25, 0.3) is 10.9 Å². The number of fused-ring (bicyclic) bond motifs is 1. The van der Waals surface area contributed by atoms with Gasteiger partial charge in [-0.25, -0.2) is 4.39 Å². The van der Waals surface area contributed by atoms with E-state index in [0.717, 1.165) is 22.9 Å². The number of amides is 4. The number of H-pyrrole nitrogens is 1. The Hall–Kier alpha value is -4.98. The summed E-state index contributed by atoms with van der Waals surface area (Å²) < 4.78 is 24.3. The number of para-hydroxylation sites is 1. The lowest BCUT2D eigenvalue weighted by Crippen LogP contribution is -2.58. The molecule has 310 valence electrons. The number of piperidine rings is 1. The summed E-state index contributed by atoms with van der Waals surface area (Å²) >= 11 is 0. The van der Waals surface area contributed by atoms with E-state index in [0.29, 0.717) is 57.5 Å². The van der Waals surface area contributed by atoms with E-state index in [1.165, 1.54) is 19.2 Å². The third-order valence-electron chi connectivity index (χ3n) is 10.8. The number of halogens is 1. The first-order valence-corrected chi connectivity index (χ1v) is 20.2. The number of carbonyl (C=O) groups is 5. The van der Waals surface area contributed by atoms with E-state index in [1.807, 2.05) is 63.1 Å². The molecule has 14 heteroatoms. The smallest absolute Gasteiger partial charge is 0.308 e. The van der Waals surface area contributed by atoms with E-state index in [9.17, 15) is 28.4 Å². The van der Waals surface area contributed by atoms with E-state index in [-0.39, 0.29) is 67.0 Å². The Kier molecular flexibility index (Phi) is 15.5. The van der Waals surface area contributed by atoms with Crippen molar-refractivity contribution in [3.63, 3.8) is 0 Å². The van der Waals surface area contributed by atoms with Crippen LogP contribution in [0.3, 0.4) is 0 Å². The predicted octanol–water partition coefficient (Wildman–Crippen LogP) is 4.35. The standard InChI is InChI=1S/C43H59FN6O7/c1-27(2)21-36(46-39(51)25-49-19-16-29(17-20-49)43(55)56-5)40(52)47-37(22-28(3)4)41(53)48-38(23-30-24-45-35-11-7-6-10-34(30)35)42(54)50-18-8-9-32(50)26-57-33-14-12-31(44)13-15-33/h6-7,10-15,24,27-29,32,36-38,45H,8-9,16-23,25-26H2,1-5H3,(H,46,51)(H,47,52)(H,48,53)/t32-,36-,37-,38-/m0/s1. The molecule has 0 aliphatic carbocycles. The zero-order chi connectivity index (χ0) is 41.1. The Balaban J connectivity index is 1.29. The number of carbonyl (C=O) groups excluding carboxylic acids is 5. The van der Waals surface area contributed by atoms with Gasteiger partial charge in [-0.1, -0.05) is 45.9 Å². The third kappa shape index (κ3) is 12.3. The summed E-state index contributed by atoms with van der Waals surface area (Å²) in [7, 11) is 1.38. The Morgan fingerprint density at radius 2 is 1.46 bits per heavy atom. The van der Waals surface area contributed by atoms with Gasteiger partial charge >= 0.3 is 5.97 Å². The molecule has 2 saturated heterocycles. The van der Waals surface area contributed by atoms with Gasteiger partial charge in [0, 0.05) is 30.1 Å². The van der Waals surface area contributed by atoms with Crippen LogP contribution < -0.4 is 20.7 Å². The lowest BCUT2D eigenvalue weighted by Gasteiger charge is -2.31. The zero-order valence-electron chi connectivity index (χ0n) is 33.9. The molecule has 57 heavy (non-hydrogen) atoms. The van der Waals surface area contributed by atoms with Crippen LogP contribution in [-0.2, 0) is 35.1 Å². The number of aromatic nitrogens is 1. The van der Waals surface area contributed by atoms with Crippen molar-refractivity contribution in [1.29, 1.82) is 0 Å². The van der Waals surface area contributed by atoms with Crippen molar-refractivity contribution in [3.8, 4) is 5.75 Å². The Morgan fingerprint density at radius 3 is 2.11 bits per heavy atom. The predicted molar refractivity (Wildman–Crippen MR) is 215 cm³/mol. The van der Waals surface area contributed by atoms with E-state index in [1.54, 1.807) is 17.0 Å². The number of hydrogen-bond donors (Lipinski definition) is 4. The summed E-state index contributed by atoms with van der Waals surface area (Å²) in [6.45, 7) is 9.72. The molecule has 5 rings (SSSR count). The van der Waals surface area contributed by atoms with Crippen molar-refractivity contribution in [2.45, 2.75) is 96.8 Å². The van der Waals surface area contributed by atoms with Crippen molar-refractivity contribution in [2.24, 2.45) is 17.8 Å². The molecule has 2 aromatic carbocycles. The summed E-state index contributed by atoms with van der Waals surface area (Å²) in [6.07, 6.45) is 5.38. The van der Waals surface area contributed by atoms with Crippen LogP contribution in [0.5, 0.6) is 5.75 Å². The molecule has 0 bridgehead atoms. The number of ether oxygens (including phenoxy) is 2. The van der Waals surface area contributed by atoms with Crippen molar-refractivity contribution < 1.29 is 37.8 Å². The fraction of sp³-hybridized carbons (Fsp3) is 0.558. The molecule has 0 spiro atoms. The largest absolute Gasteiger partial charge is 0.491 e. The zero-order valence-corrected chi connectivity index (χ0v) is 33.9. The van der Waals surface area contributed by atoms with Gasteiger partial charge in [0.25, 0.3) is 0 Å². The van der Waals surface area contributed by atoms with Gasteiger partial charge in [-0.3, -0.25) is 28.9 Å². The number of methoxy groups -OCH3 is 1. The lowest BCUT2D eigenvalue weighted by molar-refractivity contribution is -0.147. The van der Waals surface area contributed by atoms with Gasteiger partial charge in [0.2, 0.25) is 23.6 Å². The molecule has 2 aliphatic rings. The molecule has 4 N–H and O–H groups in total. The maximum Gasteiger partial charge on any atom is 0.308 e. The van der Waals surface area contributed by atoms with Gasteiger partial charge in [-0.05, 0) is 99.3 Å². The van der Waals surface area contributed by atoms with Gasteiger partial charge in [-0.15, -0.1) is 0 Å². The first-order chi connectivity index (χ1) is 27.3. The van der Waals surface area contributed by atoms with Crippen molar-refractivity contribution >= 4 is 40.5 Å². The molecule has 3 aromatic rings. The molecule has 4 atom stereocenters. The van der Waals surface area contributed by atoms with Crippen LogP contribution in [-0.4, -0.2) is 108 Å². The number of esters is 1. The van der Waals surface area contributed by atoms with Crippen LogP contribution in [0, 0.1) is 23.6 Å². The second-order valence-corrected chi connectivity index (χ2v) is 16.2. The number of hydrogen-bond acceptors (Lipinski definition) is 8. The maximum absolute atomic E-state index is 14.5. The summed E-state index contributed by atoms with van der Waals surface area (Å²) in [5.41, 5.74) is 1.77. The molecule has 1 aromatic heterocycles. The molecule has 0 unspecified atom stereocenters. The number of benzene rings is 2. The highest BCUT2D eigenvalue weighted by Gasteiger charge is 2.37. The molecular weight excluding hydrogens is 732 g/mol. The monoisotopic (exact) mass is 790 g/mol. The molecule has 0 saturated carbocycles. The van der Waals surface area contributed by atoms with Gasteiger partial charge in [0.1, 0.15) is 36.3 Å². The average molecular weight is 791 g/mol. The summed E-state index contributed by atoms with van der Waals surface area (Å²) in [6, 6.07) is 10.4. The maximum atomic E-state index is 14.5. The van der Waals surface area contributed by atoms with Gasteiger partial charge < -0.3 is 35.3 Å². The number of rotatable bonds is 18. The fourth-order valence-electron chi connectivity index (χ4n) is 7.83. The van der Waals surface area contributed by atoms with E-state index < -0.39 is 29.9 Å². The lowest BCUT2D eigenvalue weighted by atomic mass is 9.97. The van der Waals surface area contributed by atoms with Crippen molar-refractivity contribution in [2.75, 3.05) is 39.9 Å². The SMILES string of the molecule is COC(=O)C1CCN(CC(=O)N[C@@H](CC(C)C)C(=O)N[C@@H](CC(C)C)C(=O)N[C@@H](Cc2c[nH]c3ccccc23)C(=O)N2CCC[C@H]2COc2ccc(F)cc2)CC1. The number of nitrogens with one attached hydrogen (secondary N) is 4. The number of aromatic amines is 1. The van der Waals surface area contributed by atoms with Crippen LogP contribution >= 0.6 is 0 Å². The summed E-state index contributed by atoms with van der Waals surface area (Å²) in [5, 5.41) is 9.80. The minimum Gasteiger partial charge on any atom is -0.491 e. The molecule has 2 fully saturated rings. The first-order valence-electron chi connectivity index (χ1n) is 20.2. The van der Waals surface area contributed by atoms with Crippen LogP contribution in [0.2, 0.25) is 0 Å². The fourth-order valence-corrected chi connectivity index (χ4v) is 7.83. The van der Waals surface area contributed by atoms with Gasteiger partial charge in [0.05, 0.1) is 25.6 Å². The van der Waals surface area contributed by atoms with E-state index in [2.05, 4.69) is 20.9 Å². The summed E-state index contributed by atoms with van der Waals surface area (Å²) in [5.74, 6) is -1.75. The Bertz CT molecular complexity index is 1820. The second kappa shape index (κ2) is 20.4. The first kappa shape index (κ1) is 43.1. The highest BCUT2D eigenvalue weighted by Crippen LogP contribution is 2.24. The molecule has 3 heterocycles. The molecule has 0 radical (unpaired) electrons. The van der Waals surface area contributed by atoms with Crippen molar-refractivity contribution in [1.82, 2.24) is 30.7 Å².